The van der Waals surface area contributed by atoms with Gasteiger partial charge in [-0.2, -0.15) is 0 Å². The van der Waals surface area contributed by atoms with Crippen molar-refractivity contribution in [3.63, 3.8) is 0 Å². The number of hydrogen-bond donors (Lipinski definition) is 2. The van der Waals surface area contributed by atoms with E-state index >= 15 is 0 Å². The highest BCUT2D eigenvalue weighted by Crippen LogP contribution is 2.21. The number of aliphatic imine (C=N–C) groups is 1. The Kier molecular flexibility index (Phi) is 10.8. The summed E-state index contributed by atoms with van der Waals surface area (Å²) in [5.74, 6) is 2.26. The Morgan fingerprint density at radius 1 is 1.21 bits per heavy atom. The van der Waals surface area contributed by atoms with Crippen LogP contribution in [0.25, 0.3) is 0 Å². The summed E-state index contributed by atoms with van der Waals surface area (Å²) in [6, 6.07) is 8.32. The Morgan fingerprint density at radius 3 is 2.64 bits per heavy atom. The molecule has 1 aliphatic rings. The second-order valence-electron chi connectivity index (χ2n) is 7.19. The summed E-state index contributed by atoms with van der Waals surface area (Å²) in [5, 5.41) is 6.76. The number of ether oxygens (including phenoxy) is 3. The molecule has 0 radical (unpaired) electrons. The maximum absolute atomic E-state index is 5.90. The van der Waals surface area contributed by atoms with Crippen molar-refractivity contribution in [1.82, 2.24) is 10.6 Å². The van der Waals surface area contributed by atoms with E-state index in [1.54, 1.807) is 7.11 Å². The van der Waals surface area contributed by atoms with Crippen LogP contribution in [-0.4, -0.2) is 58.6 Å². The van der Waals surface area contributed by atoms with Crippen molar-refractivity contribution < 1.29 is 14.2 Å². The minimum absolute atomic E-state index is 0.364. The monoisotopic (exact) mass is 391 g/mol. The second kappa shape index (κ2) is 13.4. The van der Waals surface area contributed by atoms with Crippen molar-refractivity contribution in [1.29, 1.82) is 0 Å². The van der Waals surface area contributed by atoms with E-state index in [4.69, 9.17) is 14.2 Å². The molecule has 1 heterocycles. The van der Waals surface area contributed by atoms with Crippen LogP contribution < -0.4 is 15.4 Å². The fourth-order valence-electron chi connectivity index (χ4n) is 3.20. The summed E-state index contributed by atoms with van der Waals surface area (Å²) in [4.78, 5) is 4.66. The second-order valence-corrected chi connectivity index (χ2v) is 7.19. The zero-order valence-corrected chi connectivity index (χ0v) is 17.7. The Bertz CT molecular complexity index is 557. The molecule has 0 bridgehead atoms. The highest BCUT2D eigenvalue weighted by atomic mass is 16.5. The van der Waals surface area contributed by atoms with Gasteiger partial charge in [-0.3, -0.25) is 4.99 Å². The van der Waals surface area contributed by atoms with Crippen molar-refractivity contribution in [3.8, 4) is 5.75 Å². The molecule has 1 saturated heterocycles. The van der Waals surface area contributed by atoms with Gasteiger partial charge in [-0.25, -0.2) is 0 Å². The SMILES string of the molecule is CCNC(=NCCCOC1CCOCC1)NCCC(C)c1ccc(OC)cc1. The van der Waals surface area contributed by atoms with Crippen LogP contribution in [0.5, 0.6) is 5.75 Å². The summed E-state index contributed by atoms with van der Waals surface area (Å²) in [6.45, 7) is 9.27. The van der Waals surface area contributed by atoms with Crippen LogP contribution in [0.2, 0.25) is 0 Å². The molecule has 1 atom stereocenters. The first-order valence-corrected chi connectivity index (χ1v) is 10.6. The fourth-order valence-corrected chi connectivity index (χ4v) is 3.20. The molecule has 1 fully saturated rings. The Labute approximate surface area is 170 Å². The zero-order chi connectivity index (χ0) is 20.0. The third-order valence-electron chi connectivity index (χ3n) is 4.99. The molecule has 1 aliphatic heterocycles. The molecule has 6 heteroatoms. The molecular formula is C22H37N3O3. The summed E-state index contributed by atoms with van der Waals surface area (Å²) in [5.41, 5.74) is 1.33. The van der Waals surface area contributed by atoms with Gasteiger partial charge in [0.1, 0.15) is 5.75 Å². The van der Waals surface area contributed by atoms with E-state index < -0.39 is 0 Å². The summed E-state index contributed by atoms with van der Waals surface area (Å²) in [7, 11) is 1.70. The number of guanidine groups is 1. The summed E-state index contributed by atoms with van der Waals surface area (Å²) < 4.78 is 16.5. The maximum Gasteiger partial charge on any atom is 0.191 e. The average Bonchev–Trinajstić information content (AvgIpc) is 2.74. The van der Waals surface area contributed by atoms with E-state index in [1.165, 1.54) is 5.56 Å². The van der Waals surface area contributed by atoms with Crippen LogP contribution in [0.3, 0.4) is 0 Å². The van der Waals surface area contributed by atoms with Gasteiger partial charge in [0.15, 0.2) is 5.96 Å². The molecule has 1 unspecified atom stereocenters. The lowest BCUT2D eigenvalue weighted by Crippen LogP contribution is -2.38. The third kappa shape index (κ3) is 8.48. The quantitative estimate of drug-likeness (QED) is 0.344. The van der Waals surface area contributed by atoms with Gasteiger partial charge in [-0.1, -0.05) is 19.1 Å². The van der Waals surface area contributed by atoms with Gasteiger partial charge < -0.3 is 24.8 Å². The zero-order valence-electron chi connectivity index (χ0n) is 17.7. The highest BCUT2D eigenvalue weighted by Gasteiger charge is 2.13. The van der Waals surface area contributed by atoms with Crippen molar-refractivity contribution in [2.75, 3.05) is 46.6 Å². The molecule has 0 aromatic heterocycles. The lowest BCUT2D eigenvalue weighted by atomic mass is 9.98. The number of nitrogens with one attached hydrogen (secondary N) is 2. The van der Waals surface area contributed by atoms with Crippen LogP contribution in [0, 0.1) is 0 Å². The first-order valence-electron chi connectivity index (χ1n) is 10.6. The maximum atomic E-state index is 5.90. The first-order chi connectivity index (χ1) is 13.7. The number of hydrogen-bond acceptors (Lipinski definition) is 4. The molecule has 0 amide bonds. The van der Waals surface area contributed by atoms with Crippen molar-refractivity contribution in [3.05, 3.63) is 29.8 Å². The largest absolute Gasteiger partial charge is 0.497 e. The van der Waals surface area contributed by atoms with E-state index in [0.717, 1.165) is 76.8 Å². The predicted molar refractivity (Wildman–Crippen MR) is 114 cm³/mol. The highest BCUT2D eigenvalue weighted by molar-refractivity contribution is 5.79. The van der Waals surface area contributed by atoms with Gasteiger partial charge in [0.05, 0.1) is 13.2 Å². The standard InChI is InChI=1S/C22H37N3O3/c1-4-23-22(24-13-5-15-28-21-11-16-27-17-12-21)25-14-10-18(2)19-6-8-20(26-3)9-7-19/h6-9,18,21H,4-5,10-17H2,1-3H3,(H2,23,24,25). The lowest BCUT2D eigenvalue weighted by Gasteiger charge is -2.22. The summed E-state index contributed by atoms with van der Waals surface area (Å²) >= 11 is 0. The minimum Gasteiger partial charge on any atom is -0.497 e. The van der Waals surface area contributed by atoms with E-state index in [-0.39, 0.29) is 0 Å². The van der Waals surface area contributed by atoms with E-state index in [2.05, 4.69) is 41.6 Å². The number of nitrogens with zero attached hydrogens (tertiary/aromatic N) is 1. The van der Waals surface area contributed by atoms with Gasteiger partial charge in [0.25, 0.3) is 0 Å². The Morgan fingerprint density at radius 2 is 1.96 bits per heavy atom. The molecule has 0 saturated carbocycles. The smallest absolute Gasteiger partial charge is 0.191 e. The molecule has 1 aromatic carbocycles. The topological polar surface area (TPSA) is 64.1 Å². The Hall–Kier alpha value is -1.79. The van der Waals surface area contributed by atoms with Crippen LogP contribution >= 0.6 is 0 Å². The van der Waals surface area contributed by atoms with Gasteiger partial charge in [-0.05, 0) is 56.2 Å². The molecule has 2 rings (SSSR count). The van der Waals surface area contributed by atoms with E-state index in [0.29, 0.717) is 12.0 Å². The van der Waals surface area contributed by atoms with Crippen molar-refractivity contribution in [2.45, 2.75) is 51.6 Å². The Balaban J connectivity index is 1.65. The average molecular weight is 392 g/mol. The molecule has 1 aromatic rings. The number of rotatable bonds is 11. The number of benzene rings is 1. The lowest BCUT2D eigenvalue weighted by molar-refractivity contribution is -0.0318. The van der Waals surface area contributed by atoms with Crippen LogP contribution in [0.1, 0.15) is 51.0 Å². The molecule has 28 heavy (non-hydrogen) atoms. The minimum atomic E-state index is 0.364. The predicted octanol–water partition coefficient (Wildman–Crippen LogP) is 3.33. The molecule has 158 valence electrons. The van der Waals surface area contributed by atoms with Crippen LogP contribution in [0.4, 0.5) is 0 Å². The normalized spacial score (nSPS) is 16.6. The molecular weight excluding hydrogens is 354 g/mol. The van der Waals surface area contributed by atoms with Gasteiger partial charge in [-0.15, -0.1) is 0 Å². The molecule has 6 nitrogen and oxygen atoms in total. The molecule has 0 spiro atoms. The van der Waals surface area contributed by atoms with Crippen LogP contribution in [-0.2, 0) is 9.47 Å². The molecule has 2 N–H and O–H groups in total. The van der Waals surface area contributed by atoms with Gasteiger partial charge in [0.2, 0.25) is 0 Å². The van der Waals surface area contributed by atoms with Gasteiger partial charge in [0, 0.05) is 39.5 Å². The van der Waals surface area contributed by atoms with Crippen LogP contribution in [0.15, 0.2) is 29.3 Å². The van der Waals surface area contributed by atoms with E-state index in [1.807, 2.05) is 12.1 Å². The van der Waals surface area contributed by atoms with Crippen molar-refractivity contribution >= 4 is 5.96 Å². The first kappa shape index (κ1) is 22.5. The number of methoxy groups -OCH3 is 1. The van der Waals surface area contributed by atoms with E-state index in [9.17, 15) is 0 Å². The fraction of sp³-hybridized carbons (Fsp3) is 0.682. The summed E-state index contributed by atoms with van der Waals surface area (Å²) in [6.07, 6.45) is 4.38. The van der Waals surface area contributed by atoms with Gasteiger partial charge >= 0.3 is 0 Å². The van der Waals surface area contributed by atoms with Crippen molar-refractivity contribution in [2.24, 2.45) is 4.99 Å². The third-order valence-corrected chi connectivity index (χ3v) is 4.99. The molecule has 0 aliphatic carbocycles.